The molecular formula is C21H26N2O6. The summed E-state index contributed by atoms with van der Waals surface area (Å²) in [7, 11) is 3.09. The van der Waals surface area contributed by atoms with Gasteiger partial charge in [0.2, 0.25) is 0 Å². The number of hydrogen-bond acceptors (Lipinski definition) is 6. The predicted octanol–water partition coefficient (Wildman–Crippen LogP) is 3.67. The van der Waals surface area contributed by atoms with Gasteiger partial charge in [-0.1, -0.05) is 24.3 Å². The molecule has 0 saturated carbocycles. The van der Waals surface area contributed by atoms with Gasteiger partial charge in [-0.3, -0.25) is 10.6 Å². The number of carbonyl (C=O) groups excluding carboxylic acids is 2. The van der Waals surface area contributed by atoms with E-state index in [-0.39, 0.29) is 13.2 Å². The van der Waals surface area contributed by atoms with Crippen molar-refractivity contribution in [2.75, 3.05) is 51.3 Å². The first kappa shape index (κ1) is 22.2. The quantitative estimate of drug-likeness (QED) is 0.589. The van der Waals surface area contributed by atoms with E-state index in [4.69, 9.17) is 18.9 Å². The monoisotopic (exact) mass is 402 g/mol. The zero-order valence-corrected chi connectivity index (χ0v) is 16.6. The van der Waals surface area contributed by atoms with Crippen molar-refractivity contribution >= 4 is 23.6 Å². The van der Waals surface area contributed by atoms with Crippen LogP contribution in [0.5, 0.6) is 0 Å². The molecule has 29 heavy (non-hydrogen) atoms. The maximum Gasteiger partial charge on any atom is 0.411 e. The van der Waals surface area contributed by atoms with Crippen LogP contribution in [0.2, 0.25) is 0 Å². The summed E-state index contributed by atoms with van der Waals surface area (Å²) in [4.78, 5) is 23.2. The molecule has 0 heterocycles. The second-order valence-electron chi connectivity index (χ2n) is 6.08. The standard InChI is InChI=1S/C21H26N2O6/c1-26-11-13-28-20(24)22-18-7-3-16(4-8-18)15-17-5-9-19(10-6-17)23-21(25)29-14-12-27-2/h3-10H,11-15H2,1-2H3,(H,22,24)(H,23,25). The number of carbonyl (C=O) groups is 2. The summed E-state index contributed by atoms with van der Waals surface area (Å²) in [5.41, 5.74) is 3.48. The van der Waals surface area contributed by atoms with Gasteiger partial charge in [0, 0.05) is 25.6 Å². The molecule has 2 N–H and O–H groups in total. The molecule has 2 rings (SSSR count). The van der Waals surface area contributed by atoms with E-state index in [0.717, 1.165) is 17.5 Å². The SMILES string of the molecule is COCCOC(=O)Nc1ccc(Cc2ccc(NC(=O)OCCOC)cc2)cc1. The minimum Gasteiger partial charge on any atom is -0.447 e. The fourth-order valence-corrected chi connectivity index (χ4v) is 2.39. The van der Waals surface area contributed by atoms with Gasteiger partial charge >= 0.3 is 12.2 Å². The minimum absolute atomic E-state index is 0.205. The van der Waals surface area contributed by atoms with Crippen LogP contribution >= 0.6 is 0 Å². The molecule has 2 aromatic carbocycles. The lowest BCUT2D eigenvalue weighted by atomic mass is 10.0. The number of hydrogen-bond donors (Lipinski definition) is 2. The highest BCUT2D eigenvalue weighted by Gasteiger charge is 2.05. The van der Waals surface area contributed by atoms with Crippen molar-refractivity contribution in [2.24, 2.45) is 0 Å². The highest BCUT2D eigenvalue weighted by atomic mass is 16.6. The van der Waals surface area contributed by atoms with E-state index in [1.54, 1.807) is 14.2 Å². The van der Waals surface area contributed by atoms with Crippen LogP contribution in [-0.4, -0.2) is 52.8 Å². The zero-order chi connectivity index (χ0) is 20.9. The van der Waals surface area contributed by atoms with Crippen LogP contribution in [-0.2, 0) is 25.4 Å². The van der Waals surface area contributed by atoms with Crippen molar-refractivity contribution in [3.05, 3.63) is 59.7 Å². The molecule has 0 aliphatic carbocycles. The fraction of sp³-hybridized carbons (Fsp3) is 0.333. The number of methoxy groups -OCH3 is 2. The van der Waals surface area contributed by atoms with Crippen molar-refractivity contribution in [1.29, 1.82) is 0 Å². The van der Waals surface area contributed by atoms with Gasteiger partial charge in [-0.2, -0.15) is 0 Å². The van der Waals surface area contributed by atoms with Gasteiger partial charge in [-0.15, -0.1) is 0 Å². The van der Waals surface area contributed by atoms with Gasteiger partial charge in [0.25, 0.3) is 0 Å². The number of nitrogens with one attached hydrogen (secondary N) is 2. The lowest BCUT2D eigenvalue weighted by Crippen LogP contribution is -2.16. The van der Waals surface area contributed by atoms with Crippen LogP contribution in [0.25, 0.3) is 0 Å². The van der Waals surface area contributed by atoms with Crippen LogP contribution in [0.3, 0.4) is 0 Å². The molecule has 0 aromatic heterocycles. The van der Waals surface area contributed by atoms with Gasteiger partial charge in [0.05, 0.1) is 13.2 Å². The summed E-state index contributed by atoms with van der Waals surface area (Å²) in [5.74, 6) is 0. The largest absolute Gasteiger partial charge is 0.447 e. The summed E-state index contributed by atoms with van der Waals surface area (Å²) < 4.78 is 19.6. The Hall–Kier alpha value is -3.10. The van der Waals surface area contributed by atoms with E-state index in [1.807, 2.05) is 48.5 Å². The molecule has 0 radical (unpaired) electrons. The maximum atomic E-state index is 11.6. The molecule has 0 fully saturated rings. The van der Waals surface area contributed by atoms with E-state index in [2.05, 4.69) is 10.6 Å². The third-order valence-corrected chi connectivity index (χ3v) is 3.85. The van der Waals surface area contributed by atoms with Crippen molar-refractivity contribution in [1.82, 2.24) is 0 Å². The Morgan fingerprint density at radius 3 is 1.38 bits per heavy atom. The fourth-order valence-electron chi connectivity index (χ4n) is 2.39. The molecule has 0 unspecified atom stereocenters. The highest BCUT2D eigenvalue weighted by Crippen LogP contribution is 2.16. The minimum atomic E-state index is -0.515. The summed E-state index contributed by atoms with van der Waals surface area (Å²) in [6, 6.07) is 15.0. The zero-order valence-electron chi connectivity index (χ0n) is 16.6. The topological polar surface area (TPSA) is 95.1 Å². The number of rotatable bonds is 10. The predicted molar refractivity (Wildman–Crippen MR) is 109 cm³/mol. The Labute approximate surface area is 170 Å². The molecule has 8 nitrogen and oxygen atoms in total. The van der Waals surface area contributed by atoms with Crippen molar-refractivity contribution in [3.8, 4) is 0 Å². The van der Waals surface area contributed by atoms with Crippen LogP contribution < -0.4 is 10.6 Å². The maximum absolute atomic E-state index is 11.6. The highest BCUT2D eigenvalue weighted by molar-refractivity contribution is 5.85. The Bertz CT molecular complexity index is 696. The van der Waals surface area contributed by atoms with Crippen molar-refractivity contribution in [2.45, 2.75) is 6.42 Å². The van der Waals surface area contributed by atoms with Gasteiger partial charge in [0.15, 0.2) is 0 Å². The van der Waals surface area contributed by atoms with Gasteiger partial charge in [-0.05, 0) is 41.8 Å². The molecule has 2 amide bonds. The van der Waals surface area contributed by atoms with E-state index in [0.29, 0.717) is 24.6 Å². The molecule has 0 aliphatic rings. The summed E-state index contributed by atoms with van der Waals surface area (Å²) in [5, 5.41) is 5.32. The molecule has 8 heteroatoms. The first-order valence-electron chi connectivity index (χ1n) is 9.14. The first-order valence-corrected chi connectivity index (χ1v) is 9.14. The average Bonchev–Trinajstić information content (AvgIpc) is 2.71. The van der Waals surface area contributed by atoms with E-state index >= 15 is 0 Å². The van der Waals surface area contributed by atoms with E-state index in [1.165, 1.54) is 0 Å². The van der Waals surface area contributed by atoms with Crippen LogP contribution in [0.15, 0.2) is 48.5 Å². The van der Waals surface area contributed by atoms with Crippen molar-refractivity contribution in [3.63, 3.8) is 0 Å². The summed E-state index contributed by atoms with van der Waals surface area (Å²) >= 11 is 0. The molecule has 156 valence electrons. The molecule has 2 aromatic rings. The van der Waals surface area contributed by atoms with Crippen LogP contribution in [0.1, 0.15) is 11.1 Å². The molecule has 0 aliphatic heterocycles. The smallest absolute Gasteiger partial charge is 0.411 e. The lowest BCUT2D eigenvalue weighted by molar-refractivity contribution is 0.107. The molecule has 0 atom stereocenters. The molecule has 0 bridgehead atoms. The van der Waals surface area contributed by atoms with Crippen LogP contribution in [0, 0.1) is 0 Å². The number of benzene rings is 2. The molecule has 0 saturated heterocycles. The number of ether oxygens (including phenoxy) is 4. The van der Waals surface area contributed by atoms with Crippen LogP contribution in [0.4, 0.5) is 21.0 Å². The number of anilines is 2. The van der Waals surface area contributed by atoms with E-state index < -0.39 is 12.2 Å². The first-order chi connectivity index (χ1) is 14.1. The number of amides is 2. The van der Waals surface area contributed by atoms with Gasteiger partial charge in [0.1, 0.15) is 13.2 Å². The Morgan fingerprint density at radius 2 is 1.03 bits per heavy atom. The Morgan fingerprint density at radius 1 is 0.655 bits per heavy atom. The normalized spacial score (nSPS) is 10.3. The second kappa shape index (κ2) is 12.4. The van der Waals surface area contributed by atoms with Gasteiger partial charge < -0.3 is 18.9 Å². The average molecular weight is 402 g/mol. The second-order valence-corrected chi connectivity index (χ2v) is 6.08. The Kier molecular flexibility index (Phi) is 9.47. The molecule has 0 spiro atoms. The third kappa shape index (κ3) is 8.63. The van der Waals surface area contributed by atoms with Gasteiger partial charge in [-0.25, -0.2) is 9.59 Å². The lowest BCUT2D eigenvalue weighted by Gasteiger charge is -2.09. The molecular weight excluding hydrogens is 376 g/mol. The van der Waals surface area contributed by atoms with Crippen molar-refractivity contribution < 1.29 is 28.5 Å². The summed E-state index contributed by atoms with van der Waals surface area (Å²) in [6.07, 6.45) is -0.311. The Balaban J connectivity index is 1.80. The summed E-state index contributed by atoms with van der Waals surface area (Å²) in [6.45, 7) is 1.12. The third-order valence-electron chi connectivity index (χ3n) is 3.85. The van der Waals surface area contributed by atoms with E-state index in [9.17, 15) is 9.59 Å².